The number of aliphatic hydroxyl groups is 4. The van der Waals surface area contributed by atoms with Gasteiger partial charge in [0, 0.05) is 6.07 Å². The van der Waals surface area contributed by atoms with Gasteiger partial charge in [0.05, 0.1) is 6.61 Å². The van der Waals surface area contributed by atoms with E-state index in [4.69, 9.17) is 9.47 Å². The molecule has 9 nitrogen and oxygen atoms in total. The average Bonchev–Trinajstić information content (AvgIpc) is 2.70. The molecule has 0 amide bonds. The summed E-state index contributed by atoms with van der Waals surface area (Å²) in [7, 11) is 0. The van der Waals surface area contributed by atoms with Gasteiger partial charge in [-0.2, -0.15) is 0 Å². The Morgan fingerprint density at radius 3 is 2.20 bits per heavy atom. The van der Waals surface area contributed by atoms with Crippen LogP contribution in [0.2, 0.25) is 0 Å². The molecule has 0 radical (unpaired) electrons. The molecule has 1 heterocycles. The molecule has 0 unspecified atom stereocenters. The maximum Gasteiger partial charge on any atom is 0.229 e. The molecule has 0 spiro atoms. The third-order valence-corrected chi connectivity index (χ3v) is 4.90. The molecule has 2 aromatic rings. The zero-order chi connectivity index (χ0) is 22.1. The summed E-state index contributed by atoms with van der Waals surface area (Å²) in [5.74, 6) is -0.519. The van der Waals surface area contributed by atoms with Gasteiger partial charge in [-0.15, -0.1) is 0 Å². The molecule has 1 aliphatic heterocycles. The smallest absolute Gasteiger partial charge is 0.229 e. The van der Waals surface area contributed by atoms with Gasteiger partial charge in [-0.1, -0.05) is 18.2 Å². The number of ether oxygens (including phenoxy) is 2. The molecule has 2 aromatic carbocycles. The van der Waals surface area contributed by atoms with Gasteiger partial charge in [0.25, 0.3) is 0 Å². The predicted molar refractivity (Wildman–Crippen MR) is 106 cm³/mol. The van der Waals surface area contributed by atoms with Crippen molar-refractivity contribution in [1.29, 1.82) is 0 Å². The summed E-state index contributed by atoms with van der Waals surface area (Å²) in [4.78, 5) is 0. The summed E-state index contributed by atoms with van der Waals surface area (Å²) in [5, 5.41) is 68.9. The Morgan fingerprint density at radius 1 is 0.933 bits per heavy atom. The van der Waals surface area contributed by atoms with Crippen molar-refractivity contribution < 1.29 is 45.2 Å². The van der Waals surface area contributed by atoms with Crippen molar-refractivity contribution in [2.45, 2.75) is 37.1 Å². The van der Waals surface area contributed by atoms with Gasteiger partial charge < -0.3 is 45.2 Å². The minimum absolute atomic E-state index is 0.0659. The van der Waals surface area contributed by atoms with Gasteiger partial charge in [-0.3, -0.25) is 0 Å². The number of aliphatic hydroxyl groups excluding tert-OH is 4. The lowest BCUT2D eigenvalue weighted by atomic mass is 9.89. The first kappa shape index (κ1) is 21.9. The second-order valence-corrected chi connectivity index (χ2v) is 7.34. The Hall–Kier alpha value is -2.82. The molecule has 0 bridgehead atoms. The fourth-order valence-electron chi connectivity index (χ4n) is 3.10. The Kier molecular flexibility index (Phi) is 6.20. The molecule has 5 atom stereocenters. The highest BCUT2D eigenvalue weighted by atomic mass is 16.7. The van der Waals surface area contributed by atoms with Crippen molar-refractivity contribution in [1.82, 2.24) is 0 Å². The normalized spacial score (nSPS) is 29.2. The lowest BCUT2D eigenvalue weighted by Crippen LogP contribution is -2.65. The summed E-state index contributed by atoms with van der Waals surface area (Å²) in [6.07, 6.45) is -3.02. The molecule has 0 saturated carbocycles. The fourth-order valence-corrected chi connectivity index (χ4v) is 3.10. The van der Waals surface area contributed by atoms with E-state index in [2.05, 4.69) is 0 Å². The van der Waals surface area contributed by atoms with Gasteiger partial charge in [-0.25, -0.2) is 0 Å². The molecule has 7 N–H and O–H groups in total. The average molecular weight is 420 g/mol. The van der Waals surface area contributed by atoms with E-state index in [1.165, 1.54) is 37.3 Å². The van der Waals surface area contributed by atoms with Crippen LogP contribution in [0, 0.1) is 0 Å². The zero-order valence-electron chi connectivity index (χ0n) is 16.1. The second kappa shape index (κ2) is 8.50. The van der Waals surface area contributed by atoms with Gasteiger partial charge in [0.1, 0.15) is 35.4 Å². The van der Waals surface area contributed by atoms with Crippen molar-refractivity contribution in [3.05, 3.63) is 47.5 Å². The Labute approximate surface area is 172 Å². The van der Waals surface area contributed by atoms with E-state index in [0.717, 1.165) is 0 Å². The number of benzene rings is 2. The monoisotopic (exact) mass is 420 g/mol. The first-order valence-corrected chi connectivity index (χ1v) is 9.16. The topological polar surface area (TPSA) is 160 Å². The largest absolute Gasteiger partial charge is 0.508 e. The van der Waals surface area contributed by atoms with E-state index in [0.29, 0.717) is 11.1 Å². The van der Waals surface area contributed by atoms with E-state index in [9.17, 15) is 35.7 Å². The summed E-state index contributed by atoms with van der Waals surface area (Å²) in [6.45, 7) is 0.718. The van der Waals surface area contributed by atoms with Crippen LogP contribution in [0.5, 0.6) is 23.0 Å². The van der Waals surface area contributed by atoms with E-state index in [-0.39, 0.29) is 23.0 Å². The molecule has 162 valence electrons. The zero-order valence-corrected chi connectivity index (χ0v) is 16.1. The Morgan fingerprint density at radius 2 is 1.57 bits per heavy atom. The Bertz CT molecular complexity index is 908. The van der Waals surface area contributed by atoms with Crippen LogP contribution in [0.15, 0.2) is 36.4 Å². The van der Waals surface area contributed by atoms with Crippen molar-refractivity contribution in [3.8, 4) is 23.0 Å². The second-order valence-electron chi connectivity index (χ2n) is 7.34. The minimum atomic E-state index is -1.63. The van der Waals surface area contributed by atoms with Gasteiger partial charge >= 0.3 is 0 Å². The van der Waals surface area contributed by atoms with Crippen LogP contribution in [0.25, 0.3) is 12.2 Å². The highest BCUT2D eigenvalue weighted by Gasteiger charge is 2.51. The van der Waals surface area contributed by atoms with Crippen LogP contribution in [-0.2, 0) is 4.74 Å². The van der Waals surface area contributed by atoms with Gasteiger partial charge in [0.2, 0.25) is 6.29 Å². The van der Waals surface area contributed by atoms with Crippen molar-refractivity contribution in [2.75, 3.05) is 6.61 Å². The maximum absolute atomic E-state index is 10.2. The summed E-state index contributed by atoms with van der Waals surface area (Å²) >= 11 is 0. The van der Waals surface area contributed by atoms with E-state index in [1.807, 2.05) is 0 Å². The molecule has 30 heavy (non-hydrogen) atoms. The predicted octanol–water partition coefficient (Wildman–Crippen LogP) is 0.543. The summed E-state index contributed by atoms with van der Waals surface area (Å²) < 4.78 is 11.0. The van der Waals surface area contributed by atoms with Crippen LogP contribution in [0.1, 0.15) is 18.1 Å². The van der Waals surface area contributed by atoms with Crippen LogP contribution in [-0.4, -0.2) is 72.6 Å². The fraction of sp³-hybridized carbons (Fsp3) is 0.333. The Balaban J connectivity index is 1.82. The third-order valence-electron chi connectivity index (χ3n) is 4.90. The first-order chi connectivity index (χ1) is 14.1. The van der Waals surface area contributed by atoms with E-state index < -0.39 is 36.8 Å². The molecule has 1 fully saturated rings. The highest BCUT2D eigenvalue weighted by Crippen LogP contribution is 2.34. The van der Waals surface area contributed by atoms with Crippen LogP contribution in [0.3, 0.4) is 0 Å². The number of aromatic hydroxyl groups is 3. The van der Waals surface area contributed by atoms with E-state index in [1.54, 1.807) is 18.2 Å². The standard InChI is InChI=1S/C21H24O9/c1-21(10-22)19(28)17(26)18(27)20(30-21)29-16-8-11(4-5-15(16)25)2-3-12-6-13(23)9-14(24)7-12/h2-9,17-20,22-28H,10H2,1H3/b3-2+/t17-,18-,19+,20-,21-/m1/s1. The van der Waals surface area contributed by atoms with E-state index >= 15 is 0 Å². The number of phenolic OH excluding ortho intramolecular Hbond substituents is 3. The molecule has 1 aliphatic rings. The van der Waals surface area contributed by atoms with Crippen LogP contribution >= 0.6 is 0 Å². The SMILES string of the molecule is C[C@]1(CO)O[C@@H](Oc2cc(/C=C/c3cc(O)cc(O)c3)ccc2O)[C@H](O)[C@@H](O)[C@@H]1O. The highest BCUT2D eigenvalue weighted by molar-refractivity contribution is 5.72. The van der Waals surface area contributed by atoms with Crippen molar-refractivity contribution >= 4 is 12.2 Å². The third kappa shape index (κ3) is 4.50. The van der Waals surface area contributed by atoms with Crippen LogP contribution < -0.4 is 4.74 Å². The molecule has 1 saturated heterocycles. The van der Waals surface area contributed by atoms with Crippen molar-refractivity contribution in [3.63, 3.8) is 0 Å². The van der Waals surface area contributed by atoms with Gasteiger partial charge in [0.15, 0.2) is 11.5 Å². The molecule has 9 heteroatoms. The quantitative estimate of drug-likeness (QED) is 0.343. The number of hydrogen-bond donors (Lipinski definition) is 7. The van der Waals surface area contributed by atoms with Gasteiger partial charge in [-0.05, 0) is 42.3 Å². The molecular formula is C21H24O9. The van der Waals surface area contributed by atoms with Crippen LogP contribution in [0.4, 0.5) is 0 Å². The summed E-state index contributed by atoms with van der Waals surface area (Å²) in [5.41, 5.74) is -0.473. The number of hydrogen-bond acceptors (Lipinski definition) is 9. The molecule has 0 aliphatic carbocycles. The molecule has 0 aromatic heterocycles. The molecule has 3 rings (SSSR count). The minimum Gasteiger partial charge on any atom is -0.508 e. The number of phenols is 3. The maximum atomic E-state index is 10.2. The number of rotatable bonds is 5. The first-order valence-electron chi connectivity index (χ1n) is 9.16. The molecular weight excluding hydrogens is 396 g/mol. The van der Waals surface area contributed by atoms with Crippen molar-refractivity contribution in [2.24, 2.45) is 0 Å². The lowest BCUT2D eigenvalue weighted by Gasteiger charge is -2.45. The lowest BCUT2D eigenvalue weighted by molar-refractivity contribution is -0.313. The summed E-state index contributed by atoms with van der Waals surface area (Å²) in [6, 6.07) is 8.46.